The number of nitrogens with one attached hydrogen (secondary N) is 1. The first-order valence-corrected chi connectivity index (χ1v) is 8.42. The molecule has 2 rings (SSSR count). The van der Waals surface area contributed by atoms with Gasteiger partial charge in [-0.2, -0.15) is 0 Å². The van der Waals surface area contributed by atoms with E-state index in [4.69, 9.17) is 5.73 Å². The predicted molar refractivity (Wildman–Crippen MR) is 84.3 cm³/mol. The second-order valence-electron chi connectivity index (χ2n) is 4.26. The third-order valence-electron chi connectivity index (χ3n) is 2.65. The number of anilines is 2. The summed E-state index contributed by atoms with van der Waals surface area (Å²) in [5, 5.41) is 4.69. The Balaban J connectivity index is 1.73. The minimum absolute atomic E-state index is 0.0713. The van der Waals surface area contributed by atoms with Crippen LogP contribution in [0.3, 0.4) is 0 Å². The molecule has 4 nitrogen and oxygen atoms in total. The molecule has 1 amide bonds. The minimum Gasteiger partial charge on any atom is -0.399 e. The molecule has 0 aliphatic carbocycles. The highest BCUT2D eigenvalue weighted by atomic mass is 32.2. The molecule has 0 aliphatic heterocycles. The van der Waals surface area contributed by atoms with Crippen LogP contribution in [0.25, 0.3) is 0 Å². The topological polar surface area (TPSA) is 72.2 Å². The van der Waals surface area contributed by atoms with Gasteiger partial charge in [0.15, 0.2) is 0 Å². The van der Waals surface area contributed by atoms with Gasteiger partial charge in [-0.1, -0.05) is 6.07 Å². The number of benzene rings is 1. The average molecular weight is 308 g/mol. The van der Waals surface area contributed by atoms with Gasteiger partial charge < -0.3 is 11.1 Å². The van der Waals surface area contributed by atoms with Gasteiger partial charge in [0.25, 0.3) is 0 Å². The summed E-state index contributed by atoms with van der Waals surface area (Å²) in [6.45, 7) is 0. The van der Waals surface area contributed by atoms with E-state index in [1.807, 2.05) is 17.5 Å². The lowest BCUT2D eigenvalue weighted by Gasteiger charge is -2.05. The lowest BCUT2D eigenvalue weighted by molar-refractivity contribution is -0.116. The van der Waals surface area contributed by atoms with Gasteiger partial charge in [0.1, 0.15) is 0 Å². The molecular weight excluding hydrogens is 292 g/mol. The maximum atomic E-state index is 11.9. The molecule has 1 atom stereocenters. The van der Waals surface area contributed by atoms with Crippen molar-refractivity contribution in [1.82, 2.24) is 0 Å². The Morgan fingerprint density at radius 2 is 2.00 bits per heavy atom. The Hall–Kier alpha value is -1.66. The van der Waals surface area contributed by atoms with Crippen LogP contribution in [0, 0.1) is 0 Å². The van der Waals surface area contributed by atoms with E-state index in [1.54, 1.807) is 24.3 Å². The maximum Gasteiger partial charge on any atom is 0.224 e. The molecule has 106 valence electrons. The molecule has 6 heteroatoms. The van der Waals surface area contributed by atoms with Crippen molar-refractivity contribution in [3.05, 3.63) is 41.8 Å². The molecule has 0 aliphatic rings. The van der Waals surface area contributed by atoms with Crippen LogP contribution in [0.2, 0.25) is 0 Å². The summed E-state index contributed by atoms with van der Waals surface area (Å²) < 4.78 is 12.7. The van der Waals surface area contributed by atoms with Crippen LogP contribution in [-0.2, 0) is 15.6 Å². The third-order valence-corrected chi connectivity index (χ3v) is 5.40. The summed E-state index contributed by atoms with van der Waals surface area (Å²) in [6.07, 6.45) is 0.965. The fourth-order valence-electron chi connectivity index (χ4n) is 1.65. The number of carbonyl (C=O) groups is 1. The van der Waals surface area contributed by atoms with E-state index < -0.39 is 10.8 Å². The molecule has 1 aromatic heterocycles. The second kappa shape index (κ2) is 7.21. The first-order valence-electron chi connectivity index (χ1n) is 6.22. The van der Waals surface area contributed by atoms with Crippen LogP contribution >= 0.6 is 11.3 Å². The van der Waals surface area contributed by atoms with E-state index in [0.29, 0.717) is 24.3 Å². The predicted octanol–water partition coefficient (Wildman–Crippen LogP) is 2.86. The maximum absolute atomic E-state index is 11.9. The SMILES string of the molecule is Nc1ccc(NC(=O)CCCS(=O)c2cccs2)cc1. The Morgan fingerprint density at radius 3 is 2.65 bits per heavy atom. The molecule has 1 heterocycles. The fraction of sp³-hybridized carbons (Fsp3) is 0.214. The molecular formula is C14H16N2O2S2. The number of amides is 1. The van der Waals surface area contributed by atoms with Crippen LogP contribution < -0.4 is 11.1 Å². The van der Waals surface area contributed by atoms with Gasteiger partial charge in [-0.15, -0.1) is 11.3 Å². The van der Waals surface area contributed by atoms with Crippen molar-refractivity contribution in [2.45, 2.75) is 17.1 Å². The molecule has 0 bridgehead atoms. The Kier molecular flexibility index (Phi) is 5.31. The number of hydrogen-bond donors (Lipinski definition) is 2. The molecule has 0 spiro atoms. The summed E-state index contributed by atoms with van der Waals surface area (Å²) in [5.74, 6) is 0.438. The number of nitrogen functional groups attached to an aromatic ring is 1. The van der Waals surface area contributed by atoms with Gasteiger partial charge in [0.05, 0.1) is 15.0 Å². The highest BCUT2D eigenvalue weighted by Crippen LogP contribution is 2.15. The van der Waals surface area contributed by atoms with E-state index >= 15 is 0 Å². The first kappa shape index (κ1) is 14.7. The zero-order valence-electron chi connectivity index (χ0n) is 10.9. The van der Waals surface area contributed by atoms with Gasteiger partial charge in [-0.05, 0) is 42.1 Å². The average Bonchev–Trinajstić information content (AvgIpc) is 2.95. The standard InChI is InChI=1S/C14H16N2O2S2/c15-11-5-7-12(8-6-11)16-13(17)3-2-10-20(18)14-4-1-9-19-14/h1,4-9H,2-3,10,15H2,(H,16,17). The van der Waals surface area contributed by atoms with Gasteiger partial charge in [-0.3, -0.25) is 9.00 Å². The summed E-state index contributed by atoms with van der Waals surface area (Å²) >= 11 is 1.48. The Bertz CT molecular complexity index is 580. The molecule has 0 radical (unpaired) electrons. The van der Waals surface area contributed by atoms with Gasteiger partial charge in [0, 0.05) is 23.5 Å². The molecule has 3 N–H and O–H groups in total. The summed E-state index contributed by atoms with van der Waals surface area (Å²) in [6, 6.07) is 10.7. The first-order chi connectivity index (χ1) is 9.65. The van der Waals surface area contributed by atoms with Crippen LogP contribution in [0.15, 0.2) is 46.0 Å². The Labute approximate surface area is 124 Å². The van der Waals surface area contributed by atoms with Crippen LogP contribution in [0.1, 0.15) is 12.8 Å². The number of carbonyl (C=O) groups excluding carboxylic acids is 1. The van der Waals surface area contributed by atoms with Crippen molar-refractivity contribution >= 4 is 39.4 Å². The zero-order chi connectivity index (χ0) is 14.4. The van der Waals surface area contributed by atoms with Crippen molar-refractivity contribution < 1.29 is 9.00 Å². The number of rotatable bonds is 6. The van der Waals surface area contributed by atoms with E-state index in [9.17, 15) is 9.00 Å². The van der Waals surface area contributed by atoms with Crippen LogP contribution in [0.4, 0.5) is 11.4 Å². The second-order valence-corrected chi connectivity index (χ2v) is 7.00. The van der Waals surface area contributed by atoms with Crippen LogP contribution in [0.5, 0.6) is 0 Å². The highest BCUT2D eigenvalue weighted by Gasteiger charge is 2.07. The van der Waals surface area contributed by atoms with Gasteiger partial charge in [-0.25, -0.2) is 0 Å². The lowest BCUT2D eigenvalue weighted by atomic mass is 10.2. The molecule has 1 unspecified atom stereocenters. The molecule has 2 aromatic rings. The normalized spacial score (nSPS) is 12.0. The third kappa shape index (κ3) is 4.47. The van der Waals surface area contributed by atoms with E-state index in [-0.39, 0.29) is 5.91 Å². The summed E-state index contributed by atoms with van der Waals surface area (Å²) in [7, 11) is -0.996. The van der Waals surface area contributed by atoms with Crippen LogP contribution in [-0.4, -0.2) is 15.9 Å². The number of hydrogen-bond acceptors (Lipinski definition) is 4. The zero-order valence-corrected chi connectivity index (χ0v) is 12.5. The molecule has 20 heavy (non-hydrogen) atoms. The van der Waals surface area contributed by atoms with Crippen molar-refractivity contribution in [1.29, 1.82) is 0 Å². The molecule has 0 saturated carbocycles. The lowest BCUT2D eigenvalue weighted by Crippen LogP contribution is -2.12. The van der Waals surface area contributed by atoms with Crippen molar-refractivity contribution in [3.8, 4) is 0 Å². The Morgan fingerprint density at radius 1 is 1.25 bits per heavy atom. The fourth-order valence-corrected chi connectivity index (χ4v) is 3.78. The number of thiophene rings is 1. The van der Waals surface area contributed by atoms with Gasteiger partial charge in [0.2, 0.25) is 5.91 Å². The quantitative estimate of drug-likeness (QED) is 0.806. The minimum atomic E-state index is -0.996. The summed E-state index contributed by atoms with van der Waals surface area (Å²) in [5.41, 5.74) is 6.96. The monoisotopic (exact) mass is 308 g/mol. The number of nitrogens with two attached hydrogens (primary N) is 1. The molecule has 0 fully saturated rings. The van der Waals surface area contributed by atoms with Crippen molar-refractivity contribution in [2.75, 3.05) is 16.8 Å². The smallest absolute Gasteiger partial charge is 0.224 e. The van der Waals surface area contributed by atoms with E-state index in [2.05, 4.69) is 5.32 Å². The summed E-state index contributed by atoms with van der Waals surface area (Å²) in [4.78, 5) is 11.7. The van der Waals surface area contributed by atoms with Crippen molar-refractivity contribution in [2.24, 2.45) is 0 Å². The van der Waals surface area contributed by atoms with E-state index in [0.717, 1.165) is 9.90 Å². The van der Waals surface area contributed by atoms with Gasteiger partial charge >= 0.3 is 0 Å². The van der Waals surface area contributed by atoms with Crippen molar-refractivity contribution in [3.63, 3.8) is 0 Å². The largest absolute Gasteiger partial charge is 0.399 e. The van der Waals surface area contributed by atoms with E-state index in [1.165, 1.54) is 11.3 Å². The highest BCUT2D eigenvalue weighted by molar-refractivity contribution is 7.87. The molecule has 0 saturated heterocycles. The molecule has 1 aromatic carbocycles.